The second-order valence-corrected chi connectivity index (χ2v) is 8.89. The third kappa shape index (κ3) is 4.18. The molecule has 0 aliphatic heterocycles. The molecule has 1 aromatic carbocycles. The maximum Gasteiger partial charge on any atom is 0.236 e. The predicted octanol–water partition coefficient (Wildman–Crippen LogP) is 4.55. The number of benzene rings is 1. The van der Waals surface area contributed by atoms with Crippen LogP contribution in [0, 0.1) is 5.82 Å². The van der Waals surface area contributed by atoms with E-state index in [1.807, 2.05) is 44.1 Å². The van der Waals surface area contributed by atoms with E-state index >= 15 is 0 Å². The molecule has 1 atom stereocenters. The van der Waals surface area contributed by atoms with Crippen LogP contribution in [0.15, 0.2) is 29.4 Å². The lowest BCUT2D eigenvalue weighted by atomic mass is 10.2. The number of amides is 1. The number of halogens is 1. The topological polar surface area (TPSA) is 51.0 Å². The molecule has 3 rings (SSSR count). The van der Waals surface area contributed by atoms with Gasteiger partial charge in [0, 0.05) is 18.1 Å². The lowest BCUT2D eigenvalue weighted by Gasteiger charge is -2.32. The van der Waals surface area contributed by atoms with E-state index < -0.39 is 0 Å². The summed E-state index contributed by atoms with van der Waals surface area (Å²) in [5, 5.41) is 8.97. The minimum Gasteiger partial charge on any atom is -0.337 e. The summed E-state index contributed by atoms with van der Waals surface area (Å²) in [5.41, 5.74) is 0.453. The van der Waals surface area contributed by atoms with Gasteiger partial charge in [0.25, 0.3) is 0 Å². The van der Waals surface area contributed by atoms with Gasteiger partial charge >= 0.3 is 0 Å². The Kier molecular flexibility index (Phi) is 5.89. The van der Waals surface area contributed by atoms with Gasteiger partial charge in [0.15, 0.2) is 11.0 Å². The molecule has 1 saturated carbocycles. The van der Waals surface area contributed by atoms with E-state index in [0.717, 1.165) is 12.8 Å². The van der Waals surface area contributed by atoms with Gasteiger partial charge < -0.3 is 4.90 Å². The second kappa shape index (κ2) is 8.00. The van der Waals surface area contributed by atoms with Gasteiger partial charge in [-0.3, -0.25) is 9.36 Å². The Bertz CT molecular complexity index is 808. The first-order valence-electron chi connectivity index (χ1n) is 9.49. The molecule has 1 amide bonds. The number of carbonyl (C=O) groups is 1. The van der Waals surface area contributed by atoms with Crippen molar-refractivity contribution in [1.82, 2.24) is 19.7 Å². The molecule has 0 spiro atoms. The standard InChI is InChI=1S/C20H27FN4OS/c1-12(2)24(13(3)4)19(26)14(5)27-20-23-22-18(25(20)15-10-11-15)16-8-6-7-9-17(16)21/h6-9,12-15H,10-11H2,1-5H3/t14-/m1/s1. The number of hydrogen-bond donors (Lipinski definition) is 0. The molecule has 0 unspecified atom stereocenters. The predicted molar refractivity (Wildman–Crippen MR) is 106 cm³/mol. The lowest BCUT2D eigenvalue weighted by Crippen LogP contribution is -2.45. The smallest absolute Gasteiger partial charge is 0.236 e. The van der Waals surface area contributed by atoms with Gasteiger partial charge in [0.2, 0.25) is 5.91 Å². The summed E-state index contributed by atoms with van der Waals surface area (Å²) in [7, 11) is 0. The summed E-state index contributed by atoms with van der Waals surface area (Å²) in [6, 6.07) is 7.17. The van der Waals surface area contributed by atoms with Gasteiger partial charge in [0.05, 0.1) is 10.8 Å². The summed E-state index contributed by atoms with van der Waals surface area (Å²) in [6.45, 7) is 10.0. The van der Waals surface area contributed by atoms with Crippen molar-refractivity contribution in [3.8, 4) is 11.4 Å². The number of thioether (sulfide) groups is 1. The molecule has 5 nitrogen and oxygen atoms in total. The first kappa shape index (κ1) is 19.9. The first-order chi connectivity index (χ1) is 12.8. The van der Waals surface area contributed by atoms with Gasteiger partial charge in [-0.2, -0.15) is 0 Å². The summed E-state index contributed by atoms with van der Waals surface area (Å²) in [6.07, 6.45) is 2.05. The van der Waals surface area contributed by atoms with Crippen LogP contribution in [-0.4, -0.2) is 42.9 Å². The van der Waals surface area contributed by atoms with E-state index in [0.29, 0.717) is 16.5 Å². The van der Waals surface area contributed by atoms with E-state index in [1.54, 1.807) is 18.2 Å². The largest absolute Gasteiger partial charge is 0.337 e. The first-order valence-corrected chi connectivity index (χ1v) is 10.4. The van der Waals surface area contributed by atoms with Crippen molar-refractivity contribution < 1.29 is 9.18 Å². The average Bonchev–Trinajstić information content (AvgIpc) is 3.35. The van der Waals surface area contributed by atoms with Gasteiger partial charge in [0.1, 0.15) is 5.82 Å². The Labute approximate surface area is 164 Å². The zero-order valence-corrected chi connectivity index (χ0v) is 17.3. The minimum absolute atomic E-state index is 0.0859. The Balaban J connectivity index is 1.88. The molecule has 0 N–H and O–H groups in total. The fourth-order valence-corrected chi connectivity index (χ4v) is 4.35. The van der Waals surface area contributed by atoms with Crippen LogP contribution in [0.5, 0.6) is 0 Å². The molecule has 1 heterocycles. The van der Waals surface area contributed by atoms with E-state index in [9.17, 15) is 9.18 Å². The lowest BCUT2D eigenvalue weighted by molar-refractivity contribution is -0.133. The quantitative estimate of drug-likeness (QED) is 0.651. The molecule has 27 heavy (non-hydrogen) atoms. The molecule has 7 heteroatoms. The molecule has 146 valence electrons. The zero-order valence-electron chi connectivity index (χ0n) is 16.5. The van der Waals surface area contributed by atoms with Crippen molar-refractivity contribution >= 4 is 17.7 Å². The molecule has 0 bridgehead atoms. The fraction of sp³-hybridized carbons (Fsp3) is 0.550. The van der Waals surface area contributed by atoms with E-state index in [4.69, 9.17) is 0 Å². The number of rotatable bonds is 7. The van der Waals surface area contributed by atoms with Crippen LogP contribution in [0.25, 0.3) is 11.4 Å². The van der Waals surface area contributed by atoms with Crippen molar-refractivity contribution in [2.75, 3.05) is 0 Å². The number of carbonyl (C=O) groups excluding carboxylic acids is 1. The van der Waals surface area contributed by atoms with Crippen molar-refractivity contribution in [3.05, 3.63) is 30.1 Å². The van der Waals surface area contributed by atoms with Crippen LogP contribution < -0.4 is 0 Å². The number of nitrogens with zero attached hydrogens (tertiary/aromatic N) is 4. The highest BCUT2D eigenvalue weighted by atomic mass is 32.2. The highest BCUT2D eigenvalue weighted by Crippen LogP contribution is 2.42. The minimum atomic E-state index is -0.307. The fourth-order valence-electron chi connectivity index (χ4n) is 3.37. The molecule has 0 saturated heterocycles. The van der Waals surface area contributed by atoms with Crippen molar-refractivity contribution in [1.29, 1.82) is 0 Å². The molecule has 2 aromatic rings. The molecule has 1 aliphatic carbocycles. The SMILES string of the molecule is CC(C)N(C(=O)[C@@H](C)Sc1nnc(-c2ccccc2F)n1C1CC1)C(C)C. The summed E-state index contributed by atoms with van der Waals surface area (Å²) >= 11 is 1.41. The second-order valence-electron chi connectivity index (χ2n) is 7.58. The summed E-state index contributed by atoms with van der Waals surface area (Å²) < 4.78 is 16.3. The van der Waals surface area contributed by atoms with E-state index in [1.165, 1.54) is 17.8 Å². The van der Waals surface area contributed by atoms with E-state index in [-0.39, 0.29) is 35.1 Å². The highest BCUT2D eigenvalue weighted by Gasteiger charge is 2.33. The van der Waals surface area contributed by atoms with Gasteiger partial charge in [-0.05, 0) is 59.6 Å². The highest BCUT2D eigenvalue weighted by molar-refractivity contribution is 8.00. The van der Waals surface area contributed by atoms with Crippen LogP contribution in [0.3, 0.4) is 0 Å². The van der Waals surface area contributed by atoms with E-state index in [2.05, 4.69) is 10.2 Å². The van der Waals surface area contributed by atoms with Gasteiger partial charge in [-0.15, -0.1) is 10.2 Å². The van der Waals surface area contributed by atoms with Crippen LogP contribution in [0.1, 0.15) is 53.5 Å². The van der Waals surface area contributed by atoms with Crippen molar-refractivity contribution in [3.63, 3.8) is 0 Å². The molecular weight excluding hydrogens is 363 g/mol. The Morgan fingerprint density at radius 2 is 1.78 bits per heavy atom. The van der Waals surface area contributed by atoms with Crippen molar-refractivity contribution in [2.24, 2.45) is 0 Å². The van der Waals surface area contributed by atoms with Gasteiger partial charge in [-0.25, -0.2) is 4.39 Å². The Morgan fingerprint density at radius 3 is 2.33 bits per heavy atom. The Hall–Kier alpha value is -1.89. The van der Waals surface area contributed by atoms with Crippen LogP contribution in [0.2, 0.25) is 0 Å². The molecular formula is C20H27FN4OS. The third-order valence-corrected chi connectivity index (χ3v) is 5.73. The van der Waals surface area contributed by atoms with Crippen LogP contribution in [-0.2, 0) is 4.79 Å². The maximum atomic E-state index is 14.3. The normalized spacial score (nSPS) is 15.4. The average molecular weight is 391 g/mol. The zero-order chi connectivity index (χ0) is 19.7. The third-order valence-electron chi connectivity index (χ3n) is 4.69. The van der Waals surface area contributed by atoms with Gasteiger partial charge in [-0.1, -0.05) is 23.9 Å². The monoisotopic (exact) mass is 390 g/mol. The molecule has 0 radical (unpaired) electrons. The molecule has 1 aromatic heterocycles. The summed E-state index contributed by atoms with van der Waals surface area (Å²) in [5.74, 6) is 0.323. The van der Waals surface area contributed by atoms with Crippen LogP contribution >= 0.6 is 11.8 Å². The summed E-state index contributed by atoms with van der Waals surface area (Å²) in [4.78, 5) is 14.8. The Morgan fingerprint density at radius 1 is 1.15 bits per heavy atom. The number of hydrogen-bond acceptors (Lipinski definition) is 4. The molecule has 1 fully saturated rings. The number of aromatic nitrogens is 3. The molecule has 1 aliphatic rings. The van der Waals surface area contributed by atoms with Crippen molar-refractivity contribution in [2.45, 2.75) is 76.0 Å². The van der Waals surface area contributed by atoms with Crippen LogP contribution in [0.4, 0.5) is 4.39 Å². The maximum absolute atomic E-state index is 14.3.